The maximum Gasteiger partial charge on any atom is 0.0889 e. The van der Waals surface area contributed by atoms with E-state index in [1.807, 2.05) is 12.4 Å². The highest BCUT2D eigenvalue weighted by molar-refractivity contribution is 5.59. The van der Waals surface area contributed by atoms with Crippen LogP contribution in [0, 0.1) is 6.92 Å². The van der Waals surface area contributed by atoms with Crippen LogP contribution in [0.25, 0.3) is 11.3 Å². The Bertz CT molecular complexity index is 545. The Morgan fingerprint density at radius 3 is 3.00 bits per heavy atom. The van der Waals surface area contributed by atoms with Gasteiger partial charge in [0.1, 0.15) is 0 Å². The second-order valence-corrected chi connectivity index (χ2v) is 4.85. The SMILES string of the molecule is Cc1cccc(-c2cncc(C3CCCN3)n2)c1. The van der Waals surface area contributed by atoms with Gasteiger partial charge in [-0.05, 0) is 32.4 Å². The van der Waals surface area contributed by atoms with Crippen LogP contribution in [-0.2, 0) is 0 Å². The van der Waals surface area contributed by atoms with Gasteiger partial charge in [0.25, 0.3) is 0 Å². The van der Waals surface area contributed by atoms with Gasteiger partial charge in [-0.2, -0.15) is 0 Å². The summed E-state index contributed by atoms with van der Waals surface area (Å²) in [4.78, 5) is 9.07. The highest BCUT2D eigenvalue weighted by atomic mass is 15.0. The summed E-state index contributed by atoms with van der Waals surface area (Å²) in [5.41, 5.74) is 4.41. The fourth-order valence-electron chi connectivity index (χ4n) is 2.43. The van der Waals surface area contributed by atoms with Crippen LogP contribution in [0.5, 0.6) is 0 Å². The van der Waals surface area contributed by atoms with Crippen LogP contribution >= 0.6 is 0 Å². The molecule has 1 aliphatic heterocycles. The summed E-state index contributed by atoms with van der Waals surface area (Å²) < 4.78 is 0. The van der Waals surface area contributed by atoms with E-state index in [1.165, 1.54) is 12.0 Å². The average Bonchev–Trinajstić information content (AvgIpc) is 2.93. The molecule has 1 fully saturated rings. The summed E-state index contributed by atoms with van der Waals surface area (Å²) in [5.74, 6) is 0. The molecule has 0 saturated carbocycles. The topological polar surface area (TPSA) is 37.8 Å². The third kappa shape index (κ3) is 2.27. The molecule has 92 valence electrons. The Hall–Kier alpha value is -1.74. The van der Waals surface area contributed by atoms with Gasteiger partial charge in [-0.1, -0.05) is 23.8 Å². The van der Waals surface area contributed by atoms with Crippen molar-refractivity contribution in [3.8, 4) is 11.3 Å². The van der Waals surface area contributed by atoms with Gasteiger partial charge in [0.2, 0.25) is 0 Å². The first-order valence-electron chi connectivity index (χ1n) is 6.45. The number of hydrogen-bond donors (Lipinski definition) is 1. The zero-order valence-electron chi connectivity index (χ0n) is 10.6. The maximum absolute atomic E-state index is 4.74. The fraction of sp³-hybridized carbons (Fsp3) is 0.333. The smallest absolute Gasteiger partial charge is 0.0889 e. The van der Waals surface area contributed by atoms with Crippen molar-refractivity contribution < 1.29 is 0 Å². The largest absolute Gasteiger partial charge is 0.309 e. The lowest BCUT2D eigenvalue weighted by molar-refractivity contribution is 0.625. The summed E-state index contributed by atoms with van der Waals surface area (Å²) in [5, 5.41) is 3.46. The van der Waals surface area contributed by atoms with Crippen LogP contribution in [0.1, 0.15) is 30.1 Å². The molecule has 0 aliphatic carbocycles. The minimum absolute atomic E-state index is 0.377. The van der Waals surface area contributed by atoms with E-state index >= 15 is 0 Å². The lowest BCUT2D eigenvalue weighted by Gasteiger charge is -2.10. The van der Waals surface area contributed by atoms with Crippen LogP contribution in [0.15, 0.2) is 36.7 Å². The van der Waals surface area contributed by atoms with Crippen molar-refractivity contribution in [2.75, 3.05) is 6.54 Å². The van der Waals surface area contributed by atoms with Gasteiger partial charge in [0, 0.05) is 5.56 Å². The highest BCUT2D eigenvalue weighted by Gasteiger charge is 2.18. The zero-order valence-corrected chi connectivity index (χ0v) is 10.6. The van der Waals surface area contributed by atoms with Crippen molar-refractivity contribution in [2.45, 2.75) is 25.8 Å². The summed E-state index contributed by atoms with van der Waals surface area (Å²) in [6, 6.07) is 8.77. The fourth-order valence-corrected chi connectivity index (χ4v) is 2.43. The predicted octanol–water partition coefficient (Wildman–Crippen LogP) is 2.88. The molecule has 1 aromatic carbocycles. The number of aromatic nitrogens is 2. The molecule has 1 saturated heterocycles. The van der Waals surface area contributed by atoms with Crippen LogP contribution in [-0.4, -0.2) is 16.5 Å². The molecule has 1 N–H and O–H groups in total. The van der Waals surface area contributed by atoms with Crippen molar-refractivity contribution >= 4 is 0 Å². The van der Waals surface area contributed by atoms with Crippen LogP contribution in [0.4, 0.5) is 0 Å². The second-order valence-electron chi connectivity index (χ2n) is 4.85. The van der Waals surface area contributed by atoms with Gasteiger partial charge in [-0.25, -0.2) is 4.98 Å². The molecule has 2 heterocycles. The number of aryl methyl sites for hydroxylation is 1. The van der Waals surface area contributed by atoms with Crippen LogP contribution < -0.4 is 5.32 Å². The molecule has 0 radical (unpaired) electrons. The molecule has 2 aromatic rings. The standard InChI is InChI=1S/C15H17N3/c1-11-4-2-5-12(8-11)14-9-16-10-15(18-14)13-6-3-7-17-13/h2,4-5,8-10,13,17H,3,6-7H2,1H3. The van der Waals surface area contributed by atoms with Gasteiger partial charge < -0.3 is 5.32 Å². The molecule has 1 unspecified atom stereocenters. The summed E-state index contributed by atoms with van der Waals surface area (Å²) in [6.07, 6.45) is 6.10. The van der Waals surface area contributed by atoms with Crippen molar-refractivity contribution in [1.29, 1.82) is 0 Å². The van der Waals surface area contributed by atoms with E-state index in [9.17, 15) is 0 Å². The van der Waals surface area contributed by atoms with Crippen molar-refractivity contribution in [2.24, 2.45) is 0 Å². The quantitative estimate of drug-likeness (QED) is 0.875. The molecule has 0 spiro atoms. The number of benzene rings is 1. The summed E-state index contributed by atoms with van der Waals surface area (Å²) in [7, 11) is 0. The Balaban J connectivity index is 1.95. The molecule has 18 heavy (non-hydrogen) atoms. The average molecular weight is 239 g/mol. The van der Waals surface area contributed by atoms with Crippen LogP contribution in [0.2, 0.25) is 0 Å². The number of rotatable bonds is 2. The molecule has 1 aliphatic rings. The predicted molar refractivity (Wildman–Crippen MR) is 72.2 cm³/mol. The first-order valence-corrected chi connectivity index (χ1v) is 6.45. The maximum atomic E-state index is 4.74. The molecule has 1 aromatic heterocycles. The van der Waals surface area contributed by atoms with E-state index in [2.05, 4.69) is 41.5 Å². The van der Waals surface area contributed by atoms with Crippen molar-refractivity contribution in [3.05, 3.63) is 47.9 Å². The zero-order chi connectivity index (χ0) is 12.4. The van der Waals surface area contributed by atoms with Gasteiger partial charge in [-0.3, -0.25) is 4.98 Å². The third-order valence-electron chi connectivity index (χ3n) is 3.38. The number of hydrogen-bond acceptors (Lipinski definition) is 3. The molecule has 3 heteroatoms. The molecule has 3 rings (SSSR count). The lowest BCUT2D eigenvalue weighted by atomic mass is 10.1. The Morgan fingerprint density at radius 1 is 1.28 bits per heavy atom. The van der Waals surface area contributed by atoms with Gasteiger partial charge >= 0.3 is 0 Å². The normalized spacial score (nSPS) is 19.1. The number of nitrogens with one attached hydrogen (secondary N) is 1. The number of nitrogens with zero attached hydrogens (tertiary/aromatic N) is 2. The first kappa shape index (κ1) is 11.4. The minimum Gasteiger partial charge on any atom is -0.309 e. The van der Waals surface area contributed by atoms with Crippen molar-refractivity contribution in [3.63, 3.8) is 0 Å². The third-order valence-corrected chi connectivity index (χ3v) is 3.38. The Labute approximate surface area is 107 Å². The Morgan fingerprint density at radius 2 is 2.22 bits per heavy atom. The minimum atomic E-state index is 0.377. The highest BCUT2D eigenvalue weighted by Crippen LogP contribution is 2.23. The monoisotopic (exact) mass is 239 g/mol. The molecule has 0 bridgehead atoms. The summed E-state index contributed by atoms with van der Waals surface area (Å²) >= 11 is 0. The summed E-state index contributed by atoms with van der Waals surface area (Å²) in [6.45, 7) is 3.18. The van der Waals surface area contributed by atoms with Gasteiger partial charge in [0.05, 0.1) is 29.8 Å². The lowest BCUT2D eigenvalue weighted by Crippen LogP contribution is -2.14. The van der Waals surface area contributed by atoms with E-state index in [1.54, 1.807) is 0 Å². The van der Waals surface area contributed by atoms with E-state index in [0.29, 0.717) is 6.04 Å². The molecule has 0 amide bonds. The molecule has 3 nitrogen and oxygen atoms in total. The van der Waals surface area contributed by atoms with E-state index in [4.69, 9.17) is 4.98 Å². The molecule has 1 atom stereocenters. The van der Waals surface area contributed by atoms with E-state index < -0.39 is 0 Å². The molecular weight excluding hydrogens is 222 g/mol. The Kier molecular flexibility index (Phi) is 3.07. The van der Waals surface area contributed by atoms with Gasteiger partial charge in [0.15, 0.2) is 0 Å². The van der Waals surface area contributed by atoms with Crippen LogP contribution in [0.3, 0.4) is 0 Å². The first-order chi connectivity index (χ1) is 8.83. The second kappa shape index (κ2) is 4.86. The van der Waals surface area contributed by atoms with Crippen molar-refractivity contribution in [1.82, 2.24) is 15.3 Å². The molecular formula is C15H17N3. The van der Waals surface area contributed by atoms with Gasteiger partial charge in [-0.15, -0.1) is 0 Å². The van der Waals surface area contributed by atoms with E-state index in [0.717, 1.165) is 29.9 Å². The van der Waals surface area contributed by atoms with E-state index in [-0.39, 0.29) is 0 Å².